The van der Waals surface area contributed by atoms with E-state index in [1.807, 2.05) is 0 Å². The van der Waals surface area contributed by atoms with Crippen LogP contribution in [-0.2, 0) is 6.42 Å². The van der Waals surface area contributed by atoms with Gasteiger partial charge in [-0.2, -0.15) is 0 Å². The van der Waals surface area contributed by atoms with E-state index in [0.29, 0.717) is 29.4 Å². The molecule has 1 N–H and O–H groups in total. The van der Waals surface area contributed by atoms with Gasteiger partial charge in [-0.15, -0.1) is 0 Å². The fraction of sp³-hybridized carbons (Fsp3) is 0.500. The summed E-state index contributed by atoms with van der Waals surface area (Å²) in [4.78, 5) is 11.6. The molecule has 4 heteroatoms. The molecule has 0 saturated carbocycles. The molecule has 1 atom stereocenters. The first kappa shape index (κ1) is 12.7. The third-order valence-electron chi connectivity index (χ3n) is 3.33. The number of hydrogen-bond donors (Lipinski definition) is 1. The first-order valence-electron chi connectivity index (χ1n) is 6.06. The van der Waals surface area contributed by atoms with Gasteiger partial charge < -0.3 is 14.6 Å². The minimum atomic E-state index is -0.208. The number of phenolic OH excluding ortho intramolecular Hbond substituents is 1. The highest BCUT2D eigenvalue weighted by Gasteiger charge is 2.31. The SMILES string of the molecule is COc1cc2c(c(O)c1C(C)=O)CC(C(C)C)O2. The van der Waals surface area contributed by atoms with Crippen molar-refractivity contribution in [1.29, 1.82) is 0 Å². The van der Waals surface area contributed by atoms with Crippen LogP contribution in [-0.4, -0.2) is 24.1 Å². The van der Waals surface area contributed by atoms with Crippen LogP contribution in [0, 0.1) is 5.92 Å². The molecular weight excluding hydrogens is 232 g/mol. The fourth-order valence-corrected chi connectivity index (χ4v) is 2.24. The summed E-state index contributed by atoms with van der Waals surface area (Å²) in [6.07, 6.45) is 0.668. The van der Waals surface area contributed by atoms with Crippen LogP contribution in [0.3, 0.4) is 0 Å². The average Bonchev–Trinajstić information content (AvgIpc) is 2.72. The first-order chi connectivity index (χ1) is 8.45. The number of benzene rings is 1. The number of fused-ring (bicyclic) bond motifs is 1. The fourth-order valence-electron chi connectivity index (χ4n) is 2.24. The molecule has 1 unspecified atom stereocenters. The average molecular weight is 250 g/mol. The summed E-state index contributed by atoms with van der Waals surface area (Å²) in [5, 5.41) is 10.2. The topological polar surface area (TPSA) is 55.8 Å². The van der Waals surface area contributed by atoms with E-state index in [1.165, 1.54) is 14.0 Å². The summed E-state index contributed by atoms with van der Waals surface area (Å²) in [5.74, 6) is 1.12. The predicted molar refractivity (Wildman–Crippen MR) is 67.6 cm³/mol. The van der Waals surface area contributed by atoms with Crippen molar-refractivity contribution in [1.82, 2.24) is 0 Å². The molecule has 1 aliphatic rings. The van der Waals surface area contributed by atoms with E-state index in [1.54, 1.807) is 6.07 Å². The van der Waals surface area contributed by atoms with E-state index < -0.39 is 0 Å². The molecule has 0 radical (unpaired) electrons. The van der Waals surface area contributed by atoms with E-state index in [4.69, 9.17) is 9.47 Å². The molecule has 1 aliphatic heterocycles. The highest BCUT2D eigenvalue weighted by Crippen LogP contribution is 2.44. The van der Waals surface area contributed by atoms with Gasteiger partial charge in [-0.1, -0.05) is 13.8 Å². The van der Waals surface area contributed by atoms with Crippen LogP contribution >= 0.6 is 0 Å². The Kier molecular flexibility index (Phi) is 3.20. The number of Topliss-reactive ketones (excluding diaryl/α,β-unsaturated/α-hetero) is 1. The Morgan fingerprint density at radius 2 is 2.22 bits per heavy atom. The van der Waals surface area contributed by atoms with Crippen LogP contribution in [0.1, 0.15) is 36.7 Å². The maximum Gasteiger partial charge on any atom is 0.167 e. The molecule has 0 amide bonds. The normalized spacial score (nSPS) is 17.5. The maximum atomic E-state index is 11.6. The van der Waals surface area contributed by atoms with Crippen LogP contribution in [0.4, 0.5) is 0 Å². The smallest absolute Gasteiger partial charge is 0.167 e. The molecule has 2 rings (SSSR count). The van der Waals surface area contributed by atoms with Crippen molar-refractivity contribution in [3.63, 3.8) is 0 Å². The highest BCUT2D eigenvalue weighted by atomic mass is 16.5. The van der Waals surface area contributed by atoms with Gasteiger partial charge in [0.25, 0.3) is 0 Å². The summed E-state index contributed by atoms with van der Waals surface area (Å²) >= 11 is 0. The third-order valence-corrected chi connectivity index (χ3v) is 3.33. The number of phenols is 1. The number of ketones is 1. The summed E-state index contributed by atoms with van der Waals surface area (Å²) in [6, 6.07) is 1.69. The molecule has 0 aromatic heterocycles. The Hall–Kier alpha value is -1.71. The van der Waals surface area contributed by atoms with Crippen LogP contribution in [0.15, 0.2) is 6.07 Å². The number of ether oxygens (including phenoxy) is 2. The Labute approximate surface area is 107 Å². The second kappa shape index (κ2) is 4.52. The van der Waals surface area contributed by atoms with Gasteiger partial charge in [-0.05, 0) is 12.8 Å². The van der Waals surface area contributed by atoms with E-state index in [0.717, 1.165) is 0 Å². The van der Waals surface area contributed by atoms with E-state index >= 15 is 0 Å². The zero-order valence-corrected chi connectivity index (χ0v) is 11.1. The number of methoxy groups -OCH3 is 1. The van der Waals surface area contributed by atoms with Gasteiger partial charge in [-0.25, -0.2) is 0 Å². The molecule has 0 bridgehead atoms. The summed E-state index contributed by atoms with van der Waals surface area (Å²) in [6.45, 7) is 5.55. The van der Waals surface area contributed by atoms with Crippen molar-refractivity contribution in [3.8, 4) is 17.2 Å². The van der Waals surface area contributed by atoms with Gasteiger partial charge >= 0.3 is 0 Å². The minimum Gasteiger partial charge on any atom is -0.507 e. The van der Waals surface area contributed by atoms with Crippen molar-refractivity contribution in [2.24, 2.45) is 5.92 Å². The zero-order valence-electron chi connectivity index (χ0n) is 11.1. The summed E-state index contributed by atoms with van der Waals surface area (Å²) < 4.78 is 10.9. The van der Waals surface area contributed by atoms with Crippen LogP contribution in [0.25, 0.3) is 0 Å². The van der Waals surface area contributed by atoms with Gasteiger partial charge in [0.05, 0.1) is 7.11 Å². The molecule has 4 nitrogen and oxygen atoms in total. The number of carbonyl (C=O) groups is 1. The number of aromatic hydroxyl groups is 1. The quantitative estimate of drug-likeness (QED) is 0.838. The molecule has 98 valence electrons. The molecule has 0 aliphatic carbocycles. The molecule has 0 spiro atoms. The lowest BCUT2D eigenvalue weighted by atomic mass is 9.98. The van der Waals surface area contributed by atoms with Crippen LogP contribution in [0.2, 0.25) is 0 Å². The second-order valence-corrected chi connectivity index (χ2v) is 4.94. The number of hydrogen-bond acceptors (Lipinski definition) is 4. The van der Waals surface area contributed by atoms with Crippen molar-refractivity contribution >= 4 is 5.78 Å². The lowest BCUT2D eigenvalue weighted by Crippen LogP contribution is -2.19. The van der Waals surface area contributed by atoms with Gasteiger partial charge in [0, 0.05) is 18.1 Å². The third kappa shape index (κ3) is 1.92. The number of rotatable bonds is 3. The van der Waals surface area contributed by atoms with Gasteiger partial charge in [-0.3, -0.25) is 4.79 Å². The van der Waals surface area contributed by atoms with Gasteiger partial charge in [0.2, 0.25) is 0 Å². The Bertz CT molecular complexity index is 491. The van der Waals surface area contributed by atoms with Crippen molar-refractivity contribution in [2.45, 2.75) is 33.3 Å². The molecule has 0 saturated heterocycles. The van der Waals surface area contributed by atoms with E-state index in [2.05, 4.69) is 13.8 Å². The minimum absolute atomic E-state index is 0.000000000000000444. The summed E-state index contributed by atoms with van der Waals surface area (Å²) in [7, 11) is 1.47. The van der Waals surface area contributed by atoms with Gasteiger partial charge in [0.1, 0.15) is 28.9 Å². The second-order valence-electron chi connectivity index (χ2n) is 4.94. The largest absolute Gasteiger partial charge is 0.507 e. The van der Waals surface area contributed by atoms with Crippen molar-refractivity contribution < 1.29 is 19.4 Å². The molecule has 0 fully saturated rings. The van der Waals surface area contributed by atoms with E-state index in [-0.39, 0.29) is 23.2 Å². The molecule has 1 heterocycles. The molecule has 18 heavy (non-hydrogen) atoms. The predicted octanol–water partition coefficient (Wildman–Crippen LogP) is 2.56. The molecule has 1 aromatic carbocycles. The summed E-state index contributed by atoms with van der Waals surface area (Å²) in [5.41, 5.74) is 0.948. The molecule has 1 aromatic rings. The zero-order chi connectivity index (χ0) is 13.4. The van der Waals surface area contributed by atoms with Crippen LogP contribution in [0.5, 0.6) is 17.2 Å². The number of carbonyl (C=O) groups excluding carboxylic acids is 1. The van der Waals surface area contributed by atoms with Crippen molar-refractivity contribution in [2.75, 3.05) is 7.11 Å². The Morgan fingerprint density at radius 1 is 1.56 bits per heavy atom. The monoisotopic (exact) mass is 250 g/mol. The van der Waals surface area contributed by atoms with E-state index in [9.17, 15) is 9.90 Å². The Morgan fingerprint density at radius 3 is 2.72 bits per heavy atom. The maximum absolute atomic E-state index is 11.6. The standard InChI is InChI=1S/C14H18O4/c1-7(2)10-5-9-11(18-10)6-12(17-4)13(8(3)15)14(9)16/h6-7,10,16H,5H2,1-4H3. The highest BCUT2D eigenvalue weighted by molar-refractivity contribution is 6.00. The first-order valence-corrected chi connectivity index (χ1v) is 6.06. The lowest BCUT2D eigenvalue weighted by Gasteiger charge is -2.14. The van der Waals surface area contributed by atoms with Crippen molar-refractivity contribution in [3.05, 3.63) is 17.2 Å². The lowest BCUT2D eigenvalue weighted by molar-refractivity contribution is 0.101. The van der Waals surface area contributed by atoms with Gasteiger partial charge in [0.15, 0.2) is 5.78 Å². The molecular formula is C14H18O4. The Balaban J connectivity index is 2.52. The van der Waals surface area contributed by atoms with Crippen LogP contribution < -0.4 is 9.47 Å².